The van der Waals surface area contributed by atoms with Crippen LogP contribution in [0.4, 0.5) is 4.39 Å². The standard InChI is InChI=1S/C15H15ClFNO2/c1-9(2)20-12-5-11(7-18-8-12)15(19)10-3-4-13(16)14(17)6-10/h3-9,15,19H,1-2H3. The van der Waals surface area contributed by atoms with Crippen molar-refractivity contribution < 1.29 is 14.2 Å². The Hall–Kier alpha value is -1.65. The van der Waals surface area contributed by atoms with Crippen molar-refractivity contribution in [3.63, 3.8) is 0 Å². The highest BCUT2D eigenvalue weighted by Gasteiger charge is 2.14. The molecule has 0 saturated heterocycles. The molecule has 0 aliphatic carbocycles. The number of aliphatic hydroxyl groups excluding tert-OH is 1. The predicted molar refractivity (Wildman–Crippen MR) is 75.5 cm³/mol. The van der Waals surface area contributed by atoms with Crippen LogP contribution in [0.15, 0.2) is 36.7 Å². The minimum atomic E-state index is -0.982. The van der Waals surface area contributed by atoms with E-state index in [9.17, 15) is 9.50 Å². The monoisotopic (exact) mass is 295 g/mol. The van der Waals surface area contributed by atoms with Gasteiger partial charge >= 0.3 is 0 Å². The summed E-state index contributed by atoms with van der Waals surface area (Å²) in [6.07, 6.45) is 2.12. The Balaban J connectivity index is 2.28. The van der Waals surface area contributed by atoms with Crippen molar-refractivity contribution in [2.24, 2.45) is 0 Å². The van der Waals surface area contributed by atoms with Crippen LogP contribution in [0, 0.1) is 5.82 Å². The molecule has 0 saturated carbocycles. The summed E-state index contributed by atoms with van der Waals surface area (Å²) in [6.45, 7) is 3.80. The van der Waals surface area contributed by atoms with Crippen molar-refractivity contribution >= 4 is 11.6 Å². The maximum absolute atomic E-state index is 13.4. The van der Waals surface area contributed by atoms with Gasteiger partial charge in [0.1, 0.15) is 17.7 Å². The van der Waals surface area contributed by atoms with E-state index in [-0.39, 0.29) is 11.1 Å². The lowest BCUT2D eigenvalue weighted by molar-refractivity contribution is 0.215. The van der Waals surface area contributed by atoms with E-state index < -0.39 is 11.9 Å². The molecule has 0 radical (unpaired) electrons. The molecule has 20 heavy (non-hydrogen) atoms. The molecule has 0 aliphatic heterocycles. The van der Waals surface area contributed by atoms with E-state index in [1.807, 2.05) is 13.8 Å². The Bertz CT molecular complexity index is 604. The smallest absolute Gasteiger partial charge is 0.142 e. The highest BCUT2D eigenvalue weighted by molar-refractivity contribution is 6.30. The fourth-order valence-electron chi connectivity index (χ4n) is 1.80. The second kappa shape index (κ2) is 6.20. The van der Waals surface area contributed by atoms with Gasteiger partial charge in [-0.05, 0) is 37.6 Å². The molecule has 0 bridgehead atoms. The normalized spacial score (nSPS) is 12.5. The molecule has 0 spiro atoms. The summed E-state index contributed by atoms with van der Waals surface area (Å²) in [5, 5.41) is 10.3. The number of rotatable bonds is 4. The van der Waals surface area contributed by atoms with E-state index in [1.54, 1.807) is 18.3 Å². The van der Waals surface area contributed by atoms with Gasteiger partial charge in [-0.25, -0.2) is 4.39 Å². The second-order valence-corrected chi connectivity index (χ2v) is 5.10. The Morgan fingerprint density at radius 2 is 1.95 bits per heavy atom. The first-order valence-corrected chi connectivity index (χ1v) is 6.60. The summed E-state index contributed by atoms with van der Waals surface area (Å²) in [5.41, 5.74) is 0.945. The average molecular weight is 296 g/mol. The SMILES string of the molecule is CC(C)Oc1cncc(C(O)c2ccc(Cl)c(F)c2)c1. The highest BCUT2D eigenvalue weighted by atomic mass is 35.5. The number of hydrogen-bond acceptors (Lipinski definition) is 3. The van der Waals surface area contributed by atoms with E-state index in [0.29, 0.717) is 16.9 Å². The third kappa shape index (κ3) is 3.46. The first kappa shape index (κ1) is 14.8. The fraction of sp³-hybridized carbons (Fsp3) is 0.267. The van der Waals surface area contributed by atoms with Gasteiger partial charge in [-0.3, -0.25) is 4.98 Å². The van der Waals surface area contributed by atoms with Crippen molar-refractivity contribution in [2.75, 3.05) is 0 Å². The van der Waals surface area contributed by atoms with Gasteiger partial charge in [0, 0.05) is 11.8 Å². The molecule has 5 heteroatoms. The number of pyridine rings is 1. The topological polar surface area (TPSA) is 42.4 Å². The summed E-state index contributed by atoms with van der Waals surface area (Å²) in [5.74, 6) is -0.00301. The zero-order chi connectivity index (χ0) is 14.7. The quantitative estimate of drug-likeness (QED) is 0.934. The molecule has 2 aromatic rings. The van der Waals surface area contributed by atoms with Crippen LogP contribution in [0.5, 0.6) is 5.75 Å². The summed E-state index contributed by atoms with van der Waals surface area (Å²) >= 11 is 5.62. The Morgan fingerprint density at radius 1 is 1.20 bits per heavy atom. The summed E-state index contributed by atoms with van der Waals surface area (Å²) < 4.78 is 18.9. The first-order valence-electron chi connectivity index (χ1n) is 6.22. The number of aromatic nitrogens is 1. The maximum atomic E-state index is 13.4. The Kier molecular flexibility index (Phi) is 4.57. The minimum Gasteiger partial charge on any atom is -0.489 e. The van der Waals surface area contributed by atoms with E-state index in [1.165, 1.54) is 18.3 Å². The van der Waals surface area contributed by atoms with Crippen molar-refractivity contribution in [2.45, 2.75) is 26.1 Å². The molecule has 1 aromatic heterocycles. The molecular weight excluding hydrogens is 281 g/mol. The van der Waals surface area contributed by atoms with Gasteiger partial charge in [-0.1, -0.05) is 17.7 Å². The average Bonchev–Trinajstić information content (AvgIpc) is 2.40. The van der Waals surface area contributed by atoms with Crippen LogP contribution in [0.25, 0.3) is 0 Å². The molecule has 2 rings (SSSR count). The molecule has 0 aliphatic rings. The summed E-state index contributed by atoms with van der Waals surface area (Å²) in [7, 11) is 0. The van der Waals surface area contributed by atoms with Gasteiger partial charge in [0.15, 0.2) is 0 Å². The van der Waals surface area contributed by atoms with Gasteiger partial charge < -0.3 is 9.84 Å². The van der Waals surface area contributed by atoms with Crippen LogP contribution in [0.1, 0.15) is 31.1 Å². The van der Waals surface area contributed by atoms with Crippen molar-refractivity contribution in [1.82, 2.24) is 4.98 Å². The summed E-state index contributed by atoms with van der Waals surface area (Å²) in [6, 6.07) is 5.89. The number of halogens is 2. The molecule has 1 heterocycles. The zero-order valence-electron chi connectivity index (χ0n) is 11.2. The maximum Gasteiger partial charge on any atom is 0.142 e. The lowest BCUT2D eigenvalue weighted by atomic mass is 10.0. The molecule has 1 aromatic carbocycles. The molecule has 0 amide bonds. The third-order valence-corrected chi connectivity index (χ3v) is 2.99. The molecule has 3 nitrogen and oxygen atoms in total. The van der Waals surface area contributed by atoms with E-state index >= 15 is 0 Å². The van der Waals surface area contributed by atoms with E-state index in [4.69, 9.17) is 16.3 Å². The first-order chi connectivity index (χ1) is 9.47. The molecular formula is C15H15ClFNO2. The lowest BCUT2D eigenvalue weighted by Crippen LogP contribution is -2.07. The predicted octanol–water partition coefficient (Wildman–Crippen LogP) is 3.74. The van der Waals surface area contributed by atoms with Crippen LogP contribution in [-0.2, 0) is 0 Å². The number of aliphatic hydroxyl groups is 1. The highest BCUT2D eigenvalue weighted by Crippen LogP contribution is 2.27. The third-order valence-electron chi connectivity index (χ3n) is 2.68. The van der Waals surface area contributed by atoms with Gasteiger partial charge in [-0.15, -0.1) is 0 Å². The van der Waals surface area contributed by atoms with Crippen molar-refractivity contribution in [1.29, 1.82) is 0 Å². The van der Waals surface area contributed by atoms with Crippen LogP contribution in [0.3, 0.4) is 0 Å². The summed E-state index contributed by atoms with van der Waals surface area (Å²) in [4.78, 5) is 4.02. The zero-order valence-corrected chi connectivity index (χ0v) is 11.9. The van der Waals surface area contributed by atoms with Crippen LogP contribution in [-0.4, -0.2) is 16.2 Å². The number of benzene rings is 1. The number of ether oxygens (including phenoxy) is 1. The molecule has 1 atom stereocenters. The fourth-order valence-corrected chi connectivity index (χ4v) is 1.91. The van der Waals surface area contributed by atoms with Gasteiger partial charge in [0.2, 0.25) is 0 Å². The molecule has 106 valence electrons. The minimum absolute atomic E-state index is 0.0113. The Morgan fingerprint density at radius 3 is 2.60 bits per heavy atom. The van der Waals surface area contributed by atoms with E-state index in [2.05, 4.69) is 4.98 Å². The molecule has 1 N–H and O–H groups in total. The van der Waals surface area contributed by atoms with Crippen LogP contribution in [0.2, 0.25) is 5.02 Å². The number of hydrogen-bond donors (Lipinski definition) is 1. The van der Waals surface area contributed by atoms with Crippen molar-refractivity contribution in [3.8, 4) is 5.75 Å². The Labute approximate surface area is 122 Å². The van der Waals surface area contributed by atoms with Gasteiger partial charge in [-0.2, -0.15) is 0 Å². The van der Waals surface area contributed by atoms with Crippen LogP contribution < -0.4 is 4.74 Å². The number of nitrogens with zero attached hydrogens (tertiary/aromatic N) is 1. The van der Waals surface area contributed by atoms with Crippen LogP contribution >= 0.6 is 11.6 Å². The lowest BCUT2D eigenvalue weighted by Gasteiger charge is -2.14. The van der Waals surface area contributed by atoms with E-state index in [0.717, 1.165) is 0 Å². The molecule has 0 fully saturated rings. The second-order valence-electron chi connectivity index (χ2n) is 4.70. The van der Waals surface area contributed by atoms with Gasteiger partial charge in [0.25, 0.3) is 0 Å². The van der Waals surface area contributed by atoms with Crippen molar-refractivity contribution in [3.05, 3.63) is 58.6 Å². The van der Waals surface area contributed by atoms with Gasteiger partial charge in [0.05, 0.1) is 17.3 Å². The molecule has 1 unspecified atom stereocenters. The largest absolute Gasteiger partial charge is 0.489 e.